The first-order valence-electron chi connectivity index (χ1n) is 8.54. The van der Waals surface area contributed by atoms with E-state index in [-0.39, 0.29) is 0 Å². The second kappa shape index (κ2) is 11.2. The number of rotatable bonds is 10. The maximum Gasteiger partial charge on any atom is 0.115 e. The topological polar surface area (TPSA) is 36.4 Å². The number of thioether (sulfide) groups is 1. The van der Waals surface area contributed by atoms with Gasteiger partial charge in [-0.05, 0) is 49.5 Å². The summed E-state index contributed by atoms with van der Waals surface area (Å²) in [7, 11) is 0. The van der Waals surface area contributed by atoms with E-state index in [0.717, 1.165) is 42.2 Å². The minimum Gasteiger partial charge on any atom is -0.371 e. The minimum absolute atomic E-state index is 0.714. The number of allylic oxidation sites excluding steroid dienone is 1. The Morgan fingerprint density at radius 3 is 2.48 bits per heavy atom. The van der Waals surface area contributed by atoms with Crippen molar-refractivity contribution in [2.75, 3.05) is 12.3 Å². The van der Waals surface area contributed by atoms with Crippen molar-refractivity contribution in [1.29, 1.82) is 0 Å². The van der Waals surface area contributed by atoms with Crippen molar-refractivity contribution in [3.05, 3.63) is 41.7 Å². The lowest BCUT2D eigenvalue weighted by molar-refractivity contribution is 0.687. The van der Waals surface area contributed by atoms with Crippen LogP contribution in [0.25, 0.3) is 0 Å². The lowest BCUT2D eigenvalue weighted by atomic mass is 10.1. The number of hydrogen-bond acceptors (Lipinski definition) is 4. The Labute approximate surface area is 146 Å². The van der Waals surface area contributed by atoms with Gasteiger partial charge in [-0.25, -0.2) is 0 Å². The van der Waals surface area contributed by atoms with E-state index in [4.69, 9.17) is 0 Å². The van der Waals surface area contributed by atoms with E-state index in [1.807, 2.05) is 18.7 Å². The number of nitrogens with one attached hydrogen (secondary N) is 2. The molecule has 0 amide bonds. The van der Waals surface area contributed by atoms with E-state index in [2.05, 4.69) is 73.9 Å². The van der Waals surface area contributed by atoms with E-state index in [1.165, 1.54) is 4.90 Å². The minimum atomic E-state index is 0.714. The van der Waals surface area contributed by atoms with Crippen molar-refractivity contribution in [3.8, 4) is 0 Å². The van der Waals surface area contributed by atoms with Crippen LogP contribution in [-0.2, 0) is 0 Å². The molecule has 1 aromatic rings. The molecule has 1 rings (SSSR count). The molecule has 128 valence electrons. The molecule has 1 aromatic carbocycles. The molecule has 2 N–H and O–H groups in total. The highest BCUT2D eigenvalue weighted by molar-refractivity contribution is 7.99. The normalized spacial score (nSPS) is 12.6. The SMILES string of the molecule is CC/C=C(/NCCC)N/N=C(\C)c1ccc(SCC(C)C)cc1. The Kier molecular flexibility index (Phi) is 9.53. The summed E-state index contributed by atoms with van der Waals surface area (Å²) >= 11 is 1.91. The Morgan fingerprint density at radius 1 is 1.22 bits per heavy atom. The van der Waals surface area contributed by atoms with Gasteiger partial charge in [0, 0.05) is 17.2 Å². The van der Waals surface area contributed by atoms with Crippen LogP contribution in [0.15, 0.2) is 46.2 Å². The van der Waals surface area contributed by atoms with Crippen molar-refractivity contribution in [2.24, 2.45) is 11.0 Å². The van der Waals surface area contributed by atoms with E-state index in [1.54, 1.807) is 0 Å². The van der Waals surface area contributed by atoms with E-state index >= 15 is 0 Å². The fraction of sp³-hybridized carbons (Fsp3) is 0.526. The lowest BCUT2D eigenvalue weighted by Crippen LogP contribution is -2.24. The average Bonchev–Trinajstić information content (AvgIpc) is 2.55. The molecule has 0 atom stereocenters. The molecule has 4 heteroatoms. The molecule has 0 saturated carbocycles. The lowest BCUT2D eigenvalue weighted by Gasteiger charge is -2.10. The molecule has 0 spiro atoms. The summed E-state index contributed by atoms with van der Waals surface area (Å²) in [5.41, 5.74) is 5.28. The summed E-state index contributed by atoms with van der Waals surface area (Å²) in [4.78, 5) is 1.32. The largest absolute Gasteiger partial charge is 0.371 e. The number of nitrogens with zero attached hydrogens (tertiary/aromatic N) is 1. The van der Waals surface area contributed by atoms with Gasteiger partial charge < -0.3 is 5.32 Å². The Hall–Kier alpha value is -1.42. The predicted molar refractivity (Wildman–Crippen MR) is 104 cm³/mol. The van der Waals surface area contributed by atoms with Crippen LogP contribution in [0.3, 0.4) is 0 Å². The predicted octanol–water partition coefficient (Wildman–Crippen LogP) is 5.00. The quantitative estimate of drug-likeness (QED) is 0.359. The summed E-state index contributed by atoms with van der Waals surface area (Å²) in [6.07, 6.45) is 4.20. The van der Waals surface area contributed by atoms with Crippen molar-refractivity contribution in [3.63, 3.8) is 0 Å². The standard InChI is InChI=1S/C19H31N3S/c1-6-8-19(20-13-7-2)22-21-16(5)17-9-11-18(12-10-17)23-14-15(3)4/h8-12,15,20,22H,6-7,13-14H2,1-5H3/b19-8-,21-16+. The molecule has 0 heterocycles. The maximum atomic E-state index is 4.50. The van der Waals surface area contributed by atoms with Crippen LogP contribution in [0.5, 0.6) is 0 Å². The molecule has 0 aromatic heterocycles. The van der Waals surface area contributed by atoms with Gasteiger partial charge in [-0.3, -0.25) is 5.43 Å². The van der Waals surface area contributed by atoms with Crippen molar-refractivity contribution < 1.29 is 0 Å². The molecule has 0 bridgehead atoms. The first-order chi connectivity index (χ1) is 11.1. The average molecular weight is 334 g/mol. The zero-order chi connectivity index (χ0) is 17.1. The van der Waals surface area contributed by atoms with Crippen LogP contribution < -0.4 is 10.7 Å². The number of hydrogen-bond donors (Lipinski definition) is 2. The summed E-state index contributed by atoms with van der Waals surface area (Å²) in [5.74, 6) is 2.85. The number of benzene rings is 1. The third kappa shape index (κ3) is 8.12. The molecule has 0 unspecified atom stereocenters. The molecule has 23 heavy (non-hydrogen) atoms. The van der Waals surface area contributed by atoms with Crippen LogP contribution >= 0.6 is 11.8 Å². The molecular weight excluding hydrogens is 302 g/mol. The Morgan fingerprint density at radius 2 is 1.91 bits per heavy atom. The molecule has 3 nitrogen and oxygen atoms in total. The van der Waals surface area contributed by atoms with Gasteiger partial charge in [-0.15, -0.1) is 11.8 Å². The number of hydrazone groups is 1. The highest BCUT2D eigenvalue weighted by Crippen LogP contribution is 2.21. The third-order valence-corrected chi connectivity index (χ3v) is 4.61. The van der Waals surface area contributed by atoms with Crippen molar-refractivity contribution in [1.82, 2.24) is 10.7 Å². The van der Waals surface area contributed by atoms with Crippen LogP contribution in [-0.4, -0.2) is 18.0 Å². The fourth-order valence-electron chi connectivity index (χ4n) is 1.89. The summed E-state index contributed by atoms with van der Waals surface area (Å²) in [6.45, 7) is 11.8. The van der Waals surface area contributed by atoms with Crippen LogP contribution in [0.2, 0.25) is 0 Å². The van der Waals surface area contributed by atoms with E-state index < -0.39 is 0 Å². The van der Waals surface area contributed by atoms with Crippen molar-refractivity contribution in [2.45, 2.75) is 52.4 Å². The molecule has 0 saturated heterocycles. The smallest absolute Gasteiger partial charge is 0.115 e. The monoisotopic (exact) mass is 333 g/mol. The van der Waals surface area contributed by atoms with E-state index in [0.29, 0.717) is 5.92 Å². The molecule has 0 aliphatic rings. The molecular formula is C19H31N3S. The van der Waals surface area contributed by atoms with Crippen LogP contribution in [0.4, 0.5) is 0 Å². The summed E-state index contributed by atoms with van der Waals surface area (Å²) in [5, 5.41) is 7.85. The van der Waals surface area contributed by atoms with Gasteiger partial charge in [0.1, 0.15) is 5.82 Å². The van der Waals surface area contributed by atoms with Gasteiger partial charge in [0.15, 0.2) is 0 Å². The molecule has 0 aliphatic carbocycles. The Balaban J connectivity index is 2.64. The van der Waals surface area contributed by atoms with Gasteiger partial charge in [0.2, 0.25) is 0 Å². The molecule has 0 fully saturated rings. The third-order valence-electron chi connectivity index (χ3n) is 3.17. The molecule has 0 radical (unpaired) electrons. The van der Waals surface area contributed by atoms with Gasteiger partial charge in [-0.1, -0.05) is 39.8 Å². The van der Waals surface area contributed by atoms with Gasteiger partial charge in [0.05, 0.1) is 5.71 Å². The van der Waals surface area contributed by atoms with Crippen molar-refractivity contribution >= 4 is 17.5 Å². The zero-order valence-electron chi connectivity index (χ0n) is 15.1. The molecule has 0 aliphatic heterocycles. The Bertz CT molecular complexity index is 504. The maximum absolute atomic E-state index is 4.50. The van der Waals surface area contributed by atoms with Gasteiger partial charge >= 0.3 is 0 Å². The highest BCUT2D eigenvalue weighted by atomic mass is 32.2. The summed E-state index contributed by atoms with van der Waals surface area (Å²) in [6, 6.07) is 8.65. The van der Waals surface area contributed by atoms with Crippen LogP contribution in [0, 0.1) is 5.92 Å². The first kappa shape index (κ1) is 19.6. The second-order valence-corrected chi connectivity index (χ2v) is 7.08. The zero-order valence-corrected chi connectivity index (χ0v) is 16.0. The highest BCUT2D eigenvalue weighted by Gasteiger charge is 2.01. The van der Waals surface area contributed by atoms with E-state index in [9.17, 15) is 0 Å². The van der Waals surface area contributed by atoms with Gasteiger partial charge in [-0.2, -0.15) is 5.10 Å². The van der Waals surface area contributed by atoms with Crippen LogP contribution in [0.1, 0.15) is 53.0 Å². The second-order valence-electron chi connectivity index (χ2n) is 5.99. The fourth-order valence-corrected chi connectivity index (χ4v) is 2.74. The first-order valence-corrected chi connectivity index (χ1v) is 9.52. The summed E-state index contributed by atoms with van der Waals surface area (Å²) < 4.78 is 0. The van der Waals surface area contributed by atoms with Gasteiger partial charge in [0.25, 0.3) is 0 Å².